The number of nitrogens with zero attached hydrogens (tertiary/aromatic N) is 4. The molecule has 0 spiro atoms. The Morgan fingerprint density at radius 2 is 1.53 bits per heavy atom. The van der Waals surface area contributed by atoms with Crippen molar-refractivity contribution in [2.75, 3.05) is 54.6 Å². The second kappa shape index (κ2) is 31.3. The third kappa shape index (κ3) is 17.2. The van der Waals surface area contributed by atoms with Crippen LogP contribution in [0.25, 0.3) is 0 Å². The average Bonchev–Trinajstić information content (AvgIpc) is 3.97. The summed E-state index contributed by atoms with van der Waals surface area (Å²) in [6.45, 7) is 24.8. The Hall–Kier alpha value is -3.72. The molecule has 3 aliphatic rings. The molecule has 4 amide bonds. The first-order valence-corrected chi connectivity index (χ1v) is 30.3. The number of unbranched alkanes of at least 4 members (excludes halogenated alkanes) is 3. The fourth-order valence-electron chi connectivity index (χ4n) is 12.9. The molecule has 2 aliphatic heterocycles. The highest BCUT2D eigenvalue weighted by Crippen LogP contribution is 2.63. The largest absolute Gasteiger partial charge is 0.379 e. The summed E-state index contributed by atoms with van der Waals surface area (Å²) in [5.74, 6) is -0.340. The van der Waals surface area contributed by atoms with E-state index in [1.54, 1.807) is 31.2 Å². The molecule has 0 radical (unpaired) electrons. The highest BCUT2D eigenvalue weighted by molar-refractivity contribution is 5.90. The molecular weight excluding hydrogens is 971 g/mol. The molecule has 1 aromatic rings. The van der Waals surface area contributed by atoms with Crippen molar-refractivity contribution >= 4 is 35.2 Å². The summed E-state index contributed by atoms with van der Waals surface area (Å²) >= 11 is 0. The fraction of sp³-hybridized carbons (Fsp3) is 0.810. The molecule has 0 bridgehead atoms. The first-order chi connectivity index (χ1) is 36.6. The van der Waals surface area contributed by atoms with Gasteiger partial charge in [0.15, 0.2) is 0 Å². The minimum absolute atomic E-state index is 0.0177. The molecule has 3 fully saturated rings. The van der Waals surface area contributed by atoms with Crippen LogP contribution in [0, 0.1) is 40.4 Å². The number of likely N-dealkylation sites (tertiary alicyclic amines) is 1. The molecule has 1 saturated carbocycles. The third-order valence-electron chi connectivity index (χ3n) is 18.8. The zero-order chi connectivity index (χ0) is 57.2. The second-order valence-electron chi connectivity index (χ2n) is 24.6. The standard InChI is InChI=1S/C63H107N5O9/c1-16-20-29-47-35-39-68(77-42-47)61(74)63(41-49(63)48-30-23-21-24-31-48)36-27-33-51(69)46(10)58(76-15)50-32-28-38-67(50)54(71)40-52(75-14)57(45(9)17-2)66(13)60(73)55(43(5)6)64-59(72)56(44(7)8)65(12)37-26-22-25-34-53(70)62(11,18-3)19-4/h21,23-24,30-31,43-47,49-50,52,55-58H,16-20,22,25-29,32-42H2,1-15H3,(H,64,72)/t45-,46-,47?,49+,50-,52+,55-,56-,57-,58+,63+/m0/s1. The van der Waals surface area contributed by atoms with Crippen LogP contribution in [0.5, 0.6) is 0 Å². The van der Waals surface area contributed by atoms with Gasteiger partial charge < -0.3 is 24.6 Å². The zero-order valence-electron chi connectivity index (χ0n) is 50.8. The number of methoxy groups -OCH3 is 2. The predicted octanol–water partition coefficient (Wildman–Crippen LogP) is 10.8. The van der Waals surface area contributed by atoms with Crippen molar-refractivity contribution in [3.8, 4) is 0 Å². The monoisotopic (exact) mass is 1080 g/mol. The van der Waals surface area contributed by atoms with Gasteiger partial charge in [-0.2, -0.15) is 0 Å². The van der Waals surface area contributed by atoms with Gasteiger partial charge in [-0.05, 0) is 119 Å². The smallest absolute Gasteiger partial charge is 0.252 e. The number of carbonyl (C=O) groups excluding carboxylic acids is 6. The molecule has 14 nitrogen and oxygen atoms in total. The van der Waals surface area contributed by atoms with E-state index >= 15 is 0 Å². The highest BCUT2D eigenvalue weighted by atomic mass is 16.7. The number of ether oxygens (including phenoxy) is 2. The van der Waals surface area contributed by atoms with Crippen molar-refractivity contribution < 1.29 is 43.1 Å². The van der Waals surface area contributed by atoms with Crippen LogP contribution in [-0.2, 0) is 43.1 Å². The van der Waals surface area contributed by atoms with Gasteiger partial charge in [-0.25, -0.2) is 5.06 Å². The molecule has 2 heterocycles. The molecule has 11 atom stereocenters. The lowest BCUT2D eigenvalue weighted by atomic mass is 9.78. The Bertz CT molecular complexity index is 2000. The minimum atomic E-state index is -0.809. The van der Waals surface area contributed by atoms with E-state index in [1.807, 2.05) is 64.8 Å². The molecule has 77 heavy (non-hydrogen) atoms. The summed E-state index contributed by atoms with van der Waals surface area (Å²) < 4.78 is 12.3. The van der Waals surface area contributed by atoms with Gasteiger partial charge in [-0.15, -0.1) is 0 Å². The lowest BCUT2D eigenvalue weighted by Crippen LogP contribution is -2.60. The van der Waals surface area contributed by atoms with E-state index in [2.05, 4.69) is 63.9 Å². The van der Waals surface area contributed by atoms with E-state index in [9.17, 15) is 28.8 Å². The minimum Gasteiger partial charge on any atom is -0.379 e. The van der Waals surface area contributed by atoms with Gasteiger partial charge in [-0.3, -0.25) is 38.5 Å². The Balaban J connectivity index is 1.40. The van der Waals surface area contributed by atoms with Crippen LogP contribution in [0.1, 0.15) is 203 Å². The molecule has 1 N–H and O–H groups in total. The Labute approximate surface area is 466 Å². The molecule has 14 heteroatoms. The van der Waals surface area contributed by atoms with Gasteiger partial charge in [0.05, 0.1) is 48.8 Å². The molecule has 4 rings (SSSR count). The van der Waals surface area contributed by atoms with Gasteiger partial charge in [0, 0.05) is 58.5 Å². The number of hydroxylamine groups is 2. The molecule has 1 aromatic carbocycles. The van der Waals surface area contributed by atoms with Crippen molar-refractivity contribution in [3.05, 3.63) is 35.9 Å². The molecule has 1 unspecified atom stereocenters. The lowest BCUT2D eigenvalue weighted by Gasteiger charge is -2.41. The first kappa shape index (κ1) is 65.8. The van der Waals surface area contributed by atoms with Crippen LogP contribution in [0.4, 0.5) is 0 Å². The number of Topliss-reactive ketones (excluding diaryl/α,β-unsaturated/α-hetero) is 2. The summed E-state index contributed by atoms with van der Waals surface area (Å²) in [5, 5.41) is 4.78. The van der Waals surface area contributed by atoms with Gasteiger partial charge in [-0.1, -0.05) is 132 Å². The number of likely N-dealkylation sites (N-methyl/N-ethyl adjacent to an activating group) is 2. The van der Waals surface area contributed by atoms with E-state index in [0.29, 0.717) is 70.0 Å². The van der Waals surface area contributed by atoms with Crippen molar-refractivity contribution in [1.82, 2.24) is 25.1 Å². The number of nitrogens with one attached hydrogen (secondary N) is 1. The van der Waals surface area contributed by atoms with Crippen LogP contribution in [-0.4, -0.2) is 146 Å². The summed E-state index contributed by atoms with van der Waals surface area (Å²) in [7, 11) is 6.93. The Morgan fingerprint density at radius 1 is 0.844 bits per heavy atom. The average molecular weight is 1080 g/mol. The van der Waals surface area contributed by atoms with Gasteiger partial charge >= 0.3 is 0 Å². The number of rotatable bonds is 35. The Kier molecular flexibility index (Phi) is 26.8. The fourth-order valence-corrected chi connectivity index (χ4v) is 12.9. The number of ketones is 2. The summed E-state index contributed by atoms with van der Waals surface area (Å²) in [5.41, 5.74) is 0.283. The van der Waals surface area contributed by atoms with Crippen LogP contribution in [0.15, 0.2) is 30.3 Å². The Morgan fingerprint density at radius 3 is 2.10 bits per heavy atom. The van der Waals surface area contributed by atoms with Crippen molar-refractivity contribution in [2.45, 2.75) is 234 Å². The lowest BCUT2D eigenvalue weighted by molar-refractivity contribution is -0.212. The number of hydrogen-bond acceptors (Lipinski definition) is 10. The molecule has 2 saturated heterocycles. The molecule has 1 aliphatic carbocycles. The van der Waals surface area contributed by atoms with Crippen molar-refractivity contribution in [3.63, 3.8) is 0 Å². The maximum absolute atomic E-state index is 14.7. The second-order valence-corrected chi connectivity index (χ2v) is 24.6. The van der Waals surface area contributed by atoms with E-state index in [0.717, 1.165) is 82.6 Å². The third-order valence-corrected chi connectivity index (χ3v) is 18.8. The van der Waals surface area contributed by atoms with Crippen molar-refractivity contribution in [2.24, 2.45) is 40.4 Å². The zero-order valence-corrected chi connectivity index (χ0v) is 50.8. The molecule has 0 aromatic heterocycles. The normalized spacial score (nSPS) is 22.6. The molecular formula is C63H107N5O9. The van der Waals surface area contributed by atoms with E-state index in [1.165, 1.54) is 0 Å². The van der Waals surface area contributed by atoms with Gasteiger partial charge in [0.1, 0.15) is 17.6 Å². The van der Waals surface area contributed by atoms with Gasteiger partial charge in [0.2, 0.25) is 17.7 Å². The SMILES string of the molecule is CCCCC1CCN(C(=O)[C@]2(CCCC(=O)[C@H](C)[C@@H](OC)[C@@H]3CCCN3C(=O)C[C@@H](OC)[C@H]([C@@H](C)CC)N(C)C(=O)[C@@H](NC(=O)[C@H](C(C)C)N(C)CCCCCC(=O)C(C)(CC)CC)C(C)C)C[C@@H]2c2ccccc2)OC1. The van der Waals surface area contributed by atoms with Crippen LogP contribution < -0.4 is 5.32 Å². The van der Waals surface area contributed by atoms with Crippen molar-refractivity contribution in [1.29, 1.82) is 0 Å². The van der Waals surface area contributed by atoms with E-state index in [4.69, 9.17) is 14.3 Å². The van der Waals surface area contributed by atoms with Crippen LogP contribution in [0.3, 0.4) is 0 Å². The van der Waals surface area contributed by atoms with Crippen LogP contribution >= 0.6 is 0 Å². The van der Waals surface area contributed by atoms with Crippen LogP contribution in [0.2, 0.25) is 0 Å². The highest BCUT2D eigenvalue weighted by Gasteiger charge is 2.61. The maximum Gasteiger partial charge on any atom is 0.252 e. The van der Waals surface area contributed by atoms with E-state index in [-0.39, 0.29) is 71.0 Å². The summed E-state index contributed by atoms with van der Waals surface area (Å²) in [6.07, 6.45) is 12.5. The number of amides is 4. The maximum atomic E-state index is 14.7. The quantitative estimate of drug-likeness (QED) is 0.0650. The molecule has 438 valence electrons. The number of carbonyl (C=O) groups is 6. The number of benzene rings is 1. The topological polar surface area (TPSA) is 155 Å². The number of hydrogen-bond donors (Lipinski definition) is 1. The summed E-state index contributed by atoms with van der Waals surface area (Å²) in [6, 6.07) is 8.16. The first-order valence-electron chi connectivity index (χ1n) is 30.3. The predicted molar refractivity (Wildman–Crippen MR) is 307 cm³/mol. The summed E-state index contributed by atoms with van der Waals surface area (Å²) in [4.78, 5) is 96.8. The van der Waals surface area contributed by atoms with Gasteiger partial charge in [0.25, 0.3) is 5.91 Å². The van der Waals surface area contributed by atoms with E-state index < -0.39 is 41.7 Å².